The molecule has 1 aromatic carbocycles. The van der Waals surface area contributed by atoms with Crippen molar-refractivity contribution in [3.05, 3.63) is 51.8 Å². The molecule has 1 N–H and O–H groups in total. The number of anilines is 1. The zero-order chi connectivity index (χ0) is 21.7. The molecule has 5 rings (SSSR count). The molecule has 3 aromatic rings. The van der Waals surface area contributed by atoms with Crippen LogP contribution in [0.1, 0.15) is 48.6 Å². The summed E-state index contributed by atoms with van der Waals surface area (Å²) in [7, 11) is 0. The van der Waals surface area contributed by atoms with Crippen molar-refractivity contribution in [1.29, 1.82) is 0 Å². The molecule has 8 nitrogen and oxygen atoms in total. The van der Waals surface area contributed by atoms with Crippen LogP contribution >= 0.6 is 11.6 Å². The van der Waals surface area contributed by atoms with Gasteiger partial charge < -0.3 is 14.8 Å². The molecule has 2 aliphatic rings. The van der Waals surface area contributed by atoms with E-state index < -0.39 is 0 Å². The first-order valence-electron chi connectivity index (χ1n) is 10.3. The molecule has 31 heavy (non-hydrogen) atoms. The molecule has 2 aromatic heterocycles. The summed E-state index contributed by atoms with van der Waals surface area (Å²) in [5, 5.41) is 15.9. The van der Waals surface area contributed by atoms with Crippen LogP contribution in [0.2, 0.25) is 5.15 Å². The number of carbonyl (C=O) groups is 1. The number of amides is 1. The SMILES string of the molecule is CCOc1cc2c(cc1[C@H]1CC(=O)Nc3c1c(C)nn3-c1ccc(Cl)nn1)O[C@@H](C)C2. The Morgan fingerprint density at radius 1 is 1.29 bits per heavy atom. The Morgan fingerprint density at radius 3 is 2.87 bits per heavy atom. The van der Waals surface area contributed by atoms with Crippen LogP contribution in [0, 0.1) is 6.92 Å². The van der Waals surface area contributed by atoms with Crippen molar-refractivity contribution >= 4 is 23.3 Å². The molecule has 1 amide bonds. The molecule has 0 radical (unpaired) electrons. The van der Waals surface area contributed by atoms with Crippen LogP contribution in [0.3, 0.4) is 0 Å². The first-order chi connectivity index (χ1) is 14.9. The highest BCUT2D eigenvalue weighted by molar-refractivity contribution is 6.29. The average Bonchev–Trinajstić information content (AvgIpc) is 3.26. The Labute approximate surface area is 184 Å². The summed E-state index contributed by atoms with van der Waals surface area (Å²) in [5.74, 6) is 2.38. The van der Waals surface area contributed by atoms with Crippen LogP contribution in [0.4, 0.5) is 5.82 Å². The maximum atomic E-state index is 12.7. The number of halogens is 1. The minimum atomic E-state index is -0.218. The highest BCUT2D eigenvalue weighted by atomic mass is 35.5. The van der Waals surface area contributed by atoms with E-state index >= 15 is 0 Å². The zero-order valence-corrected chi connectivity index (χ0v) is 18.2. The molecule has 0 saturated heterocycles. The normalized spacial score (nSPS) is 19.4. The monoisotopic (exact) mass is 439 g/mol. The van der Waals surface area contributed by atoms with Crippen LogP contribution in [0.5, 0.6) is 11.5 Å². The van der Waals surface area contributed by atoms with Gasteiger partial charge in [0.2, 0.25) is 5.91 Å². The molecular formula is C22H22ClN5O3. The molecule has 2 aliphatic heterocycles. The van der Waals surface area contributed by atoms with E-state index in [1.807, 2.05) is 32.9 Å². The standard InChI is InChI=1S/C22H22ClN5O3/c1-4-30-17-8-13-7-11(2)31-16(13)9-14(17)15-10-20(29)24-22-21(15)12(3)27-28(22)19-6-5-18(23)25-26-19/h5-6,8-9,11,15H,4,7,10H2,1-3H3,(H,24,29)/t11-,15+/m0/s1. The third kappa shape index (κ3) is 3.40. The first kappa shape index (κ1) is 19.8. The molecule has 2 atom stereocenters. The maximum absolute atomic E-state index is 12.7. The van der Waals surface area contributed by atoms with Gasteiger partial charge in [-0.1, -0.05) is 11.6 Å². The lowest BCUT2D eigenvalue weighted by atomic mass is 9.84. The number of fused-ring (bicyclic) bond motifs is 2. The number of nitrogens with zero attached hydrogens (tertiary/aromatic N) is 4. The van der Waals surface area contributed by atoms with Crippen molar-refractivity contribution in [2.45, 2.75) is 45.6 Å². The smallest absolute Gasteiger partial charge is 0.226 e. The predicted octanol–water partition coefficient (Wildman–Crippen LogP) is 3.82. The van der Waals surface area contributed by atoms with E-state index in [-0.39, 0.29) is 23.1 Å². The van der Waals surface area contributed by atoms with Crippen LogP contribution in [-0.4, -0.2) is 38.6 Å². The molecule has 160 valence electrons. The fraction of sp³-hybridized carbons (Fsp3) is 0.364. The Kier molecular flexibility index (Phi) is 4.81. The summed E-state index contributed by atoms with van der Waals surface area (Å²) < 4.78 is 13.6. The molecule has 0 aliphatic carbocycles. The second-order valence-electron chi connectivity index (χ2n) is 7.84. The number of hydrogen-bond acceptors (Lipinski definition) is 6. The summed E-state index contributed by atoms with van der Waals surface area (Å²) in [6.07, 6.45) is 1.26. The fourth-order valence-corrected chi connectivity index (χ4v) is 4.51. The van der Waals surface area contributed by atoms with Crippen LogP contribution in [0.25, 0.3) is 5.82 Å². The molecule has 0 unspecified atom stereocenters. The van der Waals surface area contributed by atoms with Gasteiger partial charge in [0.15, 0.2) is 11.0 Å². The van der Waals surface area contributed by atoms with E-state index in [0.717, 1.165) is 40.3 Å². The molecule has 4 heterocycles. The average molecular weight is 440 g/mol. The van der Waals surface area contributed by atoms with Gasteiger partial charge in [0.05, 0.1) is 12.3 Å². The number of nitrogens with one attached hydrogen (secondary N) is 1. The van der Waals surface area contributed by atoms with Crippen molar-refractivity contribution in [3.8, 4) is 17.3 Å². The van der Waals surface area contributed by atoms with E-state index in [4.69, 9.17) is 21.1 Å². The lowest BCUT2D eigenvalue weighted by Crippen LogP contribution is -2.25. The summed E-state index contributed by atoms with van der Waals surface area (Å²) in [5.41, 5.74) is 3.79. The van der Waals surface area contributed by atoms with Crippen molar-refractivity contribution < 1.29 is 14.3 Å². The Hall–Kier alpha value is -3.13. The summed E-state index contributed by atoms with van der Waals surface area (Å²) in [4.78, 5) is 12.7. The van der Waals surface area contributed by atoms with Gasteiger partial charge in [0, 0.05) is 35.4 Å². The van der Waals surface area contributed by atoms with Gasteiger partial charge in [-0.15, -0.1) is 10.2 Å². The Morgan fingerprint density at radius 2 is 2.13 bits per heavy atom. The Bertz CT molecular complexity index is 1170. The number of rotatable bonds is 4. The predicted molar refractivity (Wildman–Crippen MR) is 115 cm³/mol. The summed E-state index contributed by atoms with van der Waals surface area (Å²) in [6.45, 7) is 6.47. The van der Waals surface area contributed by atoms with E-state index in [9.17, 15) is 4.79 Å². The van der Waals surface area contributed by atoms with E-state index in [0.29, 0.717) is 24.7 Å². The van der Waals surface area contributed by atoms with E-state index in [2.05, 4.69) is 20.6 Å². The minimum absolute atomic E-state index is 0.0993. The largest absolute Gasteiger partial charge is 0.494 e. The molecule has 0 spiro atoms. The van der Waals surface area contributed by atoms with Gasteiger partial charge in [0.25, 0.3) is 0 Å². The van der Waals surface area contributed by atoms with Crippen molar-refractivity contribution in [1.82, 2.24) is 20.0 Å². The third-order valence-corrected chi connectivity index (χ3v) is 5.84. The maximum Gasteiger partial charge on any atom is 0.226 e. The number of aromatic nitrogens is 4. The molecular weight excluding hydrogens is 418 g/mol. The number of aryl methyl sites for hydroxylation is 1. The van der Waals surface area contributed by atoms with Gasteiger partial charge in [-0.25, -0.2) is 0 Å². The second kappa shape index (κ2) is 7.53. The van der Waals surface area contributed by atoms with E-state index in [1.165, 1.54) is 0 Å². The second-order valence-corrected chi connectivity index (χ2v) is 8.23. The van der Waals surface area contributed by atoms with Crippen molar-refractivity contribution in [2.24, 2.45) is 0 Å². The lowest BCUT2D eigenvalue weighted by Gasteiger charge is -2.26. The Balaban J connectivity index is 1.66. The van der Waals surface area contributed by atoms with Gasteiger partial charge in [-0.2, -0.15) is 9.78 Å². The third-order valence-electron chi connectivity index (χ3n) is 5.64. The van der Waals surface area contributed by atoms with Crippen molar-refractivity contribution in [3.63, 3.8) is 0 Å². The molecule has 9 heteroatoms. The number of ether oxygens (including phenoxy) is 2. The highest BCUT2D eigenvalue weighted by Crippen LogP contribution is 2.46. The quantitative estimate of drug-likeness (QED) is 0.664. The summed E-state index contributed by atoms with van der Waals surface area (Å²) in [6, 6.07) is 7.43. The lowest BCUT2D eigenvalue weighted by molar-refractivity contribution is -0.116. The topological polar surface area (TPSA) is 91.2 Å². The first-order valence-corrected chi connectivity index (χ1v) is 10.7. The fourth-order valence-electron chi connectivity index (χ4n) is 4.41. The highest BCUT2D eigenvalue weighted by Gasteiger charge is 2.36. The molecule has 0 fully saturated rings. The minimum Gasteiger partial charge on any atom is -0.494 e. The number of hydrogen-bond donors (Lipinski definition) is 1. The van der Waals surface area contributed by atoms with Crippen LogP contribution in [0.15, 0.2) is 24.3 Å². The van der Waals surface area contributed by atoms with Gasteiger partial charge in [0.1, 0.15) is 23.4 Å². The van der Waals surface area contributed by atoms with Crippen molar-refractivity contribution in [2.75, 3.05) is 11.9 Å². The summed E-state index contributed by atoms with van der Waals surface area (Å²) >= 11 is 5.88. The van der Waals surface area contributed by atoms with E-state index in [1.54, 1.807) is 16.8 Å². The number of carbonyl (C=O) groups excluding carboxylic acids is 1. The molecule has 0 bridgehead atoms. The number of benzene rings is 1. The van der Waals surface area contributed by atoms with Crippen LogP contribution in [-0.2, 0) is 11.2 Å². The molecule has 0 saturated carbocycles. The van der Waals surface area contributed by atoms with Gasteiger partial charge in [-0.3, -0.25) is 4.79 Å². The zero-order valence-electron chi connectivity index (χ0n) is 17.5. The van der Waals surface area contributed by atoms with Gasteiger partial charge in [-0.05, 0) is 45.0 Å². The van der Waals surface area contributed by atoms with Gasteiger partial charge >= 0.3 is 0 Å². The van der Waals surface area contributed by atoms with Crippen LogP contribution < -0.4 is 14.8 Å².